The zero-order valence-electron chi connectivity index (χ0n) is 12.9. The highest BCUT2D eigenvalue weighted by molar-refractivity contribution is 6.30. The van der Waals surface area contributed by atoms with Gasteiger partial charge in [0.1, 0.15) is 0 Å². The average Bonchev–Trinajstić information content (AvgIpc) is 2.48. The second kappa shape index (κ2) is 7.48. The molecule has 0 bridgehead atoms. The highest BCUT2D eigenvalue weighted by Gasteiger charge is 2.11. The van der Waals surface area contributed by atoms with Crippen LogP contribution in [0.25, 0.3) is 0 Å². The lowest BCUT2D eigenvalue weighted by atomic mass is 10.0. The molecule has 0 aliphatic carbocycles. The molecular weight excluding hydrogens is 280 g/mol. The molecule has 0 aromatic heterocycles. The highest BCUT2D eigenvalue weighted by Crippen LogP contribution is 2.23. The third-order valence-electron chi connectivity index (χ3n) is 3.88. The van der Waals surface area contributed by atoms with Crippen LogP contribution in [0, 0.1) is 6.92 Å². The fraction of sp³-hybridized carbons (Fsp3) is 0.333. The van der Waals surface area contributed by atoms with Crippen molar-refractivity contribution in [2.24, 2.45) is 0 Å². The van der Waals surface area contributed by atoms with Gasteiger partial charge < -0.3 is 10.2 Å². The van der Waals surface area contributed by atoms with Gasteiger partial charge in [-0.1, -0.05) is 41.9 Å². The molecule has 0 saturated heterocycles. The number of hydrogen-bond acceptors (Lipinski definition) is 2. The van der Waals surface area contributed by atoms with Crippen molar-refractivity contribution < 1.29 is 0 Å². The van der Waals surface area contributed by atoms with E-state index in [0.29, 0.717) is 6.04 Å². The number of para-hydroxylation sites is 1. The van der Waals surface area contributed by atoms with Crippen LogP contribution in [0.3, 0.4) is 0 Å². The summed E-state index contributed by atoms with van der Waals surface area (Å²) in [6.45, 7) is 3.14. The quantitative estimate of drug-likeness (QED) is 0.849. The summed E-state index contributed by atoms with van der Waals surface area (Å²) in [5, 5.41) is 4.17. The molecule has 112 valence electrons. The Morgan fingerprint density at radius 3 is 2.57 bits per heavy atom. The third-order valence-corrected chi connectivity index (χ3v) is 4.11. The van der Waals surface area contributed by atoms with E-state index in [-0.39, 0.29) is 0 Å². The Morgan fingerprint density at radius 2 is 1.90 bits per heavy atom. The number of nitrogens with zero attached hydrogens (tertiary/aromatic N) is 1. The largest absolute Gasteiger partial charge is 0.374 e. The molecule has 0 heterocycles. The van der Waals surface area contributed by atoms with Gasteiger partial charge in [-0.15, -0.1) is 0 Å². The van der Waals surface area contributed by atoms with Crippen LogP contribution >= 0.6 is 11.6 Å². The van der Waals surface area contributed by atoms with Crippen LogP contribution in [0.5, 0.6) is 0 Å². The predicted octanol–water partition coefficient (Wildman–Crippen LogP) is 4.44. The number of aryl methyl sites for hydroxylation is 1. The zero-order chi connectivity index (χ0) is 15.2. The van der Waals surface area contributed by atoms with Crippen LogP contribution in [0.15, 0.2) is 48.5 Å². The van der Waals surface area contributed by atoms with Crippen LogP contribution in [0.1, 0.15) is 23.6 Å². The maximum atomic E-state index is 6.09. The van der Waals surface area contributed by atoms with Gasteiger partial charge in [-0.25, -0.2) is 0 Å². The van der Waals surface area contributed by atoms with Crippen LogP contribution < -0.4 is 10.2 Å². The first-order valence-electron chi connectivity index (χ1n) is 7.31. The molecule has 0 aliphatic heterocycles. The Labute approximate surface area is 132 Å². The van der Waals surface area contributed by atoms with Crippen molar-refractivity contribution in [3.8, 4) is 0 Å². The molecule has 0 spiro atoms. The first kappa shape index (κ1) is 15.9. The van der Waals surface area contributed by atoms with Crippen molar-refractivity contribution in [3.63, 3.8) is 0 Å². The number of hydrogen-bond donors (Lipinski definition) is 1. The molecule has 0 fully saturated rings. The minimum Gasteiger partial charge on any atom is -0.374 e. The number of nitrogens with one attached hydrogen (secondary N) is 1. The minimum absolute atomic E-state index is 0.315. The Morgan fingerprint density at radius 1 is 1.14 bits per heavy atom. The van der Waals surface area contributed by atoms with Crippen LogP contribution in [0.2, 0.25) is 5.02 Å². The van der Waals surface area contributed by atoms with Crippen LogP contribution in [-0.4, -0.2) is 20.6 Å². The Balaban J connectivity index is 2.02. The second-order valence-corrected chi connectivity index (χ2v) is 5.83. The van der Waals surface area contributed by atoms with Gasteiger partial charge in [0.15, 0.2) is 0 Å². The van der Waals surface area contributed by atoms with Gasteiger partial charge in [-0.05, 0) is 49.7 Å². The van der Waals surface area contributed by atoms with E-state index in [1.807, 2.05) is 25.2 Å². The maximum Gasteiger partial charge on any atom is 0.0409 e. The fourth-order valence-corrected chi connectivity index (χ4v) is 2.83. The first-order chi connectivity index (χ1) is 10.1. The molecule has 3 heteroatoms. The lowest BCUT2D eigenvalue weighted by Crippen LogP contribution is -2.25. The van der Waals surface area contributed by atoms with E-state index < -0.39 is 0 Å². The Hall–Kier alpha value is -1.51. The van der Waals surface area contributed by atoms with Crippen molar-refractivity contribution in [2.75, 3.05) is 25.5 Å². The molecule has 0 radical (unpaired) electrons. The molecule has 21 heavy (non-hydrogen) atoms. The van der Waals surface area contributed by atoms with Gasteiger partial charge in [-0.3, -0.25) is 0 Å². The zero-order valence-corrected chi connectivity index (χ0v) is 13.7. The fourth-order valence-electron chi connectivity index (χ4n) is 2.64. The monoisotopic (exact) mass is 302 g/mol. The summed E-state index contributed by atoms with van der Waals surface area (Å²) in [6.07, 6.45) is 1.03. The molecule has 2 aromatic carbocycles. The van der Waals surface area contributed by atoms with E-state index in [0.717, 1.165) is 18.0 Å². The Bertz CT molecular complexity index is 583. The van der Waals surface area contributed by atoms with Crippen molar-refractivity contribution in [2.45, 2.75) is 19.4 Å². The van der Waals surface area contributed by atoms with Crippen molar-refractivity contribution in [1.29, 1.82) is 0 Å². The summed E-state index contributed by atoms with van der Waals surface area (Å²) in [7, 11) is 4.15. The molecule has 1 N–H and O–H groups in total. The molecule has 1 atom stereocenters. The van der Waals surface area contributed by atoms with Gasteiger partial charge in [0.2, 0.25) is 0 Å². The topological polar surface area (TPSA) is 15.3 Å². The van der Waals surface area contributed by atoms with E-state index in [9.17, 15) is 0 Å². The first-order valence-corrected chi connectivity index (χ1v) is 7.69. The van der Waals surface area contributed by atoms with Crippen molar-refractivity contribution in [1.82, 2.24) is 5.32 Å². The summed E-state index contributed by atoms with van der Waals surface area (Å²) in [5.41, 5.74) is 3.84. The van der Waals surface area contributed by atoms with E-state index in [2.05, 4.69) is 54.5 Å². The highest BCUT2D eigenvalue weighted by atomic mass is 35.5. The van der Waals surface area contributed by atoms with Gasteiger partial charge in [0.05, 0.1) is 0 Å². The van der Waals surface area contributed by atoms with Crippen LogP contribution in [0.4, 0.5) is 5.69 Å². The number of anilines is 1. The van der Waals surface area contributed by atoms with Crippen molar-refractivity contribution >= 4 is 17.3 Å². The third kappa shape index (κ3) is 4.23. The lowest BCUT2D eigenvalue weighted by molar-refractivity contribution is 0.549. The van der Waals surface area contributed by atoms with Gasteiger partial charge >= 0.3 is 0 Å². The van der Waals surface area contributed by atoms with Gasteiger partial charge in [0, 0.05) is 30.3 Å². The number of rotatable bonds is 6. The molecule has 2 nitrogen and oxygen atoms in total. The predicted molar refractivity (Wildman–Crippen MR) is 92.3 cm³/mol. The molecule has 0 amide bonds. The normalized spacial score (nSPS) is 12.2. The van der Waals surface area contributed by atoms with Gasteiger partial charge in [-0.2, -0.15) is 0 Å². The molecule has 0 saturated carbocycles. The van der Waals surface area contributed by atoms with Crippen LogP contribution in [-0.2, 0) is 0 Å². The summed E-state index contributed by atoms with van der Waals surface area (Å²) in [5.74, 6) is 0. The minimum atomic E-state index is 0.315. The molecular formula is C18H23ClN2. The summed E-state index contributed by atoms with van der Waals surface area (Å²) >= 11 is 6.09. The van der Waals surface area contributed by atoms with E-state index in [4.69, 9.17) is 11.6 Å². The smallest absolute Gasteiger partial charge is 0.0409 e. The van der Waals surface area contributed by atoms with Gasteiger partial charge in [0.25, 0.3) is 0 Å². The number of halogens is 1. The molecule has 2 aromatic rings. The number of benzene rings is 2. The maximum absolute atomic E-state index is 6.09. The lowest BCUT2D eigenvalue weighted by Gasteiger charge is -2.25. The molecule has 1 unspecified atom stereocenters. The van der Waals surface area contributed by atoms with E-state index in [1.165, 1.54) is 16.8 Å². The molecule has 2 rings (SSSR count). The van der Waals surface area contributed by atoms with E-state index in [1.54, 1.807) is 0 Å². The molecule has 0 aliphatic rings. The summed E-state index contributed by atoms with van der Waals surface area (Å²) in [6, 6.07) is 16.9. The van der Waals surface area contributed by atoms with E-state index >= 15 is 0 Å². The van der Waals surface area contributed by atoms with Crippen molar-refractivity contribution in [3.05, 3.63) is 64.7 Å². The Kier molecular flexibility index (Phi) is 5.66. The second-order valence-electron chi connectivity index (χ2n) is 5.39. The summed E-state index contributed by atoms with van der Waals surface area (Å²) < 4.78 is 0. The summed E-state index contributed by atoms with van der Waals surface area (Å²) in [4.78, 5) is 2.31. The average molecular weight is 303 g/mol. The standard InChI is InChI=1S/C18H23ClN2/c1-14-7-4-5-10-18(14)21(3)12-11-17(20-2)15-8-6-9-16(19)13-15/h4-10,13,17,20H,11-12H2,1-3H3. The SMILES string of the molecule is CNC(CCN(C)c1ccccc1C)c1cccc(Cl)c1.